The molecule has 0 radical (unpaired) electrons. The van der Waals surface area contributed by atoms with E-state index in [-0.39, 0.29) is 11.5 Å². The van der Waals surface area contributed by atoms with Crippen molar-refractivity contribution in [3.63, 3.8) is 0 Å². The van der Waals surface area contributed by atoms with Crippen molar-refractivity contribution in [1.82, 2.24) is 14.7 Å². The van der Waals surface area contributed by atoms with Gasteiger partial charge in [-0.15, -0.1) is 0 Å². The largest absolute Gasteiger partial charge is 0.391 e. The third-order valence-electron chi connectivity index (χ3n) is 3.02. The molecule has 6 nitrogen and oxygen atoms in total. The first-order valence-corrected chi connectivity index (χ1v) is 7.44. The van der Waals surface area contributed by atoms with Gasteiger partial charge in [0.2, 0.25) is 0 Å². The number of aliphatic hydroxyl groups excluding tert-OH is 1. The molecule has 1 unspecified atom stereocenters. The van der Waals surface area contributed by atoms with Crippen molar-refractivity contribution < 1.29 is 5.11 Å². The molecule has 0 aliphatic carbocycles. The van der Waals surface area contributed by atoms with E-state index in [1.807, 2.05) is 32.8 Å². The Kier molecular flexibility index (Phi) is 6.64. The summed E-state index contributed by atoms with van der Waals surface area (Å²) in [6, 6.07) is 0. The molecule has 1 rings (SSSR count). The number of nitrogens with one attached hydrogen (secondary N) is 1. The Morgan fingerprint density at radius 3 is 2.70 bits per heavy atom. The van der Waals surface area contributed by atoms with Crippen LogP contribution in [-0.2, 0) is 6.54 Å². The number of aromatic nitrogens is 2. The van der Waals surface area contributed by atoms with Gasteiger partial charge in [0.25, 0.3) is 5.56 Å². The molecule has 20 heavy (non-hydrogen) atoms. The van der Waals surface area contributed by atoms with Gasteiger partial charge in [-0.2, -0.15) is 5.10 Å². The van der Waals surface area contributed by atoms with Gasteiger partial charge in [-0.05, 0) is 35.9 Å². The maximum absolute atomic E-state index is 12.1. The molecule has 0 aliphatic heterocycles. The Morgan fingerprint density at radius 2 is 2.15 bits per heavy atom. The summed E-state index contributed by atoms with van der Waals surface area (Å²) in [5, 5.41) is 16.9. The molecule has 1 aromatic heterocycles. The highest BCUT2D eigenvalue weighted by Crippen LogP contribution is 2.16. The number of nitrogens with zero attached hydrogens (tertiary/aromatic N) is 3. The van der Waals surface area contributed by atoms with Gasteiger partial charge in [-0.1, -0.05) is 13.8 Å². The fourth-order valence-electron chi connectivity index (χ4n) is 1.49. The second-order valence-electron chi connectivity index (χ2n) is 5.40. The van der Waals surface area contributed by atoms with Crippen LogP contribution in [-0.4, -0.2) is 53.1 Å². The first-order valence-electron chi connectivity index (χ1n) is 6.65. The van der Waals surface area contributed by atoms with Crippen LogP contribution in [0.4, 0.5) is 5.69 Å². The second kappa shape index (κ2) is 7.75. The summed E-state index contributed by atoms with van der Waals surface area (Å²) in [6.07, 6.45) is 1.15. The van der Waals surface area contributed by atoms with Crippen LogP contribution >= 0.6 is 15.9 Å². The molecule has 2 N–H and O–H groups in total. The highest BCUT2D eigenvalue weighted by molar-refractivity contribution is 9.10. The zero-order valence-corrected chi connectivity index (χ0v) is 14.0. The van der Waals surface area contributed by atoms with Crippen molar-refractivity contribution in [1.29, 1.82) is 0 Å². The minimum Gasteiger partial charge on any atom is -0.391 e. The Balaban J connectivity index is 2.76. The summed E-state index contributed by atoms with van der Waals surface area (Å²) in [6.45, 7) is 5.56. The van der Waals surface area contributed by atoms with Crippen molar-refractivity contribution in [2.45, 2.75) is 26.5 Å². The van der Waals surface area contributed by atoms with Gasteiger partial charge in [0, 0.05) is 13.1 Å². The summed E-state index contributed by atoms with van der Waals surface area (Å²) in [5.41, 5.74) is 0.437. The molecule has 0 fully saturated rings. The van der Waals surface area contributed by atoms with Gasteiger partial charge in [-0.3, -0.25) is 4.79 Å². The van der Waals surface area contributed by atoms with E-state index in [9.17, 15) is 9.90 Å². The normalized spacial score (nSPS) is 13.0. The van der Waals surface area contributed by atoms with Gasteiger partial charge in [0.1, 0.15) is 4.47 Å². The molecule has 7 heteroatoms. The van der Waals surface area contributed by atoms with E-state index in [0.717, 1.165) is 6.54 Å². The third-order valence-corrected chi connectivity index (χ3v) is 3.78. The average molecular weight is 347 g/mol. The summed E-state index contributed by atoms with van der Waals surface area (Å²) < 4.78 is 1.87. The lowest BCUT2D eigenvalue weighted by atomic mass is 10.1. The van der Waals surface area contributed by atoms with E-state index in [0.29, 0.717) is 23.2 Å². The maximum Gasteiger partial charge on any atom is 0.283 e. The molecule has 114 valence electrons. The van der Waals surface area contributed by atoms with Gasteiger partial charge in [-0.25, -0.2) is 4.68 Å². The molecule has 0 spiro atoms. The van der Waals surface area contributed by atoms with E-state index < -0.39 is 6.10 Å². The highest BCUT2D eigenvalue weighted by atomic mass is 79.9. The van der Waals surface area contributed by atoms with Crippen molar-refractivity contribution in [3.8, 4) is 0 Å². The van der Waals surface area contributed by atoms with Crippen LogP contribution in [0, 0.1) is 5.92 Å². The fraction of sp³-hybridized carbons (Fsp3) is 0.692. The lowest BCUT2D eigenvalue weighted by Gasteiger charge is -2.17. The number of hydrogen-bond donors (Lipinski definition) is 2. The molecule has 0 saturated heterocycles. The van der Waals surface area contributed by atoms with Gasteiger partial charge in [0.15, 0.2) is 0 Å². The van der Waals surface area contributed by atoms with Crippen LogP contribution in [0.1, 0.15) is 13.8 Å². The first kappa shape index (κ1) is 17.1. The molecule has 0 amide bonds. The third kappa shape index (κ3) is 4.88. The summed E-state index contributed by atoms with van der Waals surface area (Å²) in [5.74, 6) is 0.162. The Labute approximate surface area is 127 Å². The fourth-order valence-corrected chi connectivity index (χ4v) is 1.94. The van der Waals surface area contributed by atoms with Crippen molar-refractivity contribution in [2.24, 2.45) is 5.92 Å². The Bertz CT molecular complexity index is 488. The van der Waals surface area contributed by atoms with E-state index >= 15 is 0 Å². The standard InChI is InChI=1S/C13H23BrN4O2/c1-9(2)11(19)8-15-10-7-16-18(6-5-17(3)4)13(20)12(10)14/h7,9,11,15,19H,5-6,8H2,1-4H3. The lowest BCUT2D eigenvalue weighted by Crippen LogP contribution is -2.30. The van der Waals surface area contributed by atoms with Crippen molar-refractivity contribution >= 4 is 21.6 Å². The minimum atomic E-state index is -0.460. The SMILES string of the molecule is CC(C)C(O)CNc1cnn(CCN(C)C)c(=O)c1Br. The van der Waals surface area contributed by atoms with E-state index in [1.165, 1.54) is 4.68 Å². The Hall–Kier alpha value is -0.920. The molecule has 0 aliphatic rings. The number of anilines is 1. The van der Waals surface area contributed by atoms with Crippen LogP contribution in [0.15, 0.2) is 15.5 Å². The van der Waals surface area contributed by atoms with Gasteiger partial charge >= 0.3 is 0 Å². The quantitative estimate of drug-likeness (QED) is 0.770. The number of halogens is 1. The molecule has 0 saturated carbocycles. The molecule has 1 aromatic rings. The molecule has 0 bridgehead atoms. The smallest absolute Gasteiger partial charge is 0.283 e. The van der Waals surface area contributed by atoms with E-state index in [2.05, 4.69) is 26.3 Å². The van der Waals surface area contributed by atoms with Crippen LogP contribution in [0.5, 0.6) is 0 Å². The highest BCUT2D eigenvalue weighted by Gasteiger charge is 2.12. The van der Waals surface area contributed by atoms with E-state index in [4.69, 9.17) is 0 Å². The van der Waals surface area contributed by atoms with Crippen LogP contribution in [0.3, 0.4) is 0 Å². The Morgan fingerprint density at radius 1 is 1.50 bits per heavy atom. The maximum atomic E-state index is 12.1. The monoisotopic (exact) mass is 346 g/mol. The number of aliphatic hydroxyl groups is 1. The van der Waals surface area contributed by atoms with Crippen molar-refractivity contribution in [3.05, 3.63) is 21.0 Å². The molecule has 1 heterocycles. The van der Waals surface area contributed by atoms with E-state index in [1.54, 1.807) is 6.20 Å². The molecular weight excluding hydrogens is 324 g/mol. The first-order chi connectivity index (χ1) is 9.32. The zero-order chi connectivity index (χ0) is 15.3. The number of hydrogen-bond acceptors (Lipinski definition) is 5. The van der Waals surface area contributed by atoms with Crippen LogP contribution in [0.2, 0.25) is 0 Å². The molecular formula is C13H23BrN4O2. The van der Waals surface area contributed by atoms with Gasteiger partial charge in [0.05, 0.1) is 24.5 Å². The summed E-state index contributed by atoms with van der Waals surface area (Å²) in [4.78, 5) is 14.1. The average Bonchev–Trinajstić information content (AvgIpc) is 2.38. The predicted molar refractivity (Wildman–Crippen MR) is 84.1 cm³/mol. The van der Waals surface area contributed by atoms with Crippen LogP contribution < -0.4 is 10.9 Å². The molecule has 1 atom stereocenters. The molecule has 0 aromatic carbocycles. The lowest BCUT2D eigenvalue weighted by molar-refractivity contribution is 0.138. The zero-order valence-electron chi connectivity index (χ0n) is 12.4. The van der Waals surface area contributed by atoms with Gasteiger partial charge < -0.3 is 15.3 Å². The number of likely N-dealkylation sites (N-methyl/N-ethyl adjacent to an activating group) is 1. The van der Waals surface area contributed by atoms with Crippen LogP contribution in [0.25, 0.3) is 0 Å². The topological polar surface area (TPSA) is 70.4 Å². The minimum absolute atomic E-state index is 0.162. The number of rotatable bonds is 7. The predicted octanol–water partition coefficient (Wildman–Crippen LogP) is 0.996. The second-order valence-corrected chi connectivity index (χ2v) is 6.19. The summed E-state index contributed by atoms with van der Waals surface area (Å²) >= 11 is 3.29. The summed E-state index contributed by atoms with van der Waals surface area (Å²) in [7, 11) is 3.90. The van der Waals surface area contributed by atoms with Crippen molar-refractivity contribution in [2.75, 3.05) is 32.5 Å².